The van der Waals surface area contributed by atoms with E-state index < -0.39 is 0 Å². The van der Waals surface area contributed by atoms with E-state index in [1.54, 1.807) is 0 Å². The quantitative estimate of drug-likeness (QED) is 0.296. The lowest BCUT2D eigenvalue weighted by atomic mass is 9.88. The average molecular weight is 562 g/mol. The van der Waals surface area contributed by atoms with E-state index in [1.807, 2.05) is 72.9 Å². The third kappa shape index (κ3) is 6.25. The van der Waals surface area contributed by atoms with Crippen molar-refractivity contribution in [2.75, 3.05) is 6.54 Å². The smallest absolute Gasteiger partial charge is 0.318 e. The number of urea groups is 1. The summed E-state index contributed by atoms with van der Waals surface area (Å²) in [6.45, 7) is 8.28. The Bertz CT molecular complexity index is 1570. The van der Waals surface area contributed by atoms with Crippen molar-refractivity contribution in [1.29, 1.82) is 0 Å². The van der Waals surface area contributed by atoms with Gasteiger partial charge in [-0.15, -0.1) is 0 Å². The number of aromatic nitrogens is 2. The van der Waals surface area contributed by atoms with Crippen LogP contribution in [0.5, 0.6) is 0 Å². The van der Waals surface area contributed by atoms with Crippen LogP contribution in [0.4, 0.5) is 4.79 Å². The zero-order chi connectivity index (χ0) is 29.3. The van der Waals surface area contributed by atoms with Gasteiger partial charge in [-0.05, 0) is 72.9 Å². The summed E-state index contributed by atoms with van der Waals surface area (Å²) in [4.78, 5) is 28.1. The Hall–Kier alpha value is -4.39. The van der Waals surface area contributed by atoms with Gasteiger partial charge in [-0.1, -0.05) is 72.8 Å². The maximum atomic E-state index is 13.1. The number of nitrogens with zero attached hydrogens (tertiary/aromatic N) is 3. The van der Waals surface area contributed by atoms with E-state index in [9.17, 15) is 9.59 Å². The topological polar surface area (TPSA) is 79.3 Å². The molecule has 0 bridgehead atoms. The van der Waals surface area contributed by atoms with Crippen LogP contribution in [0.15, 0.2) is 85.2 Å². The fraction of sp³-hybridized carbons (Fsp3) is 0.343. The summed E-state index contributed by atoms with van der Waals surface area (Å²) in [6, 6.07) is 24.8. The van der Waals surface area contributed by atoms with E-state index in [0.29, 0.717) is 32.1 Å². The molecule has 1 saturated carbocycles. The Morgan fingerprint density at radius 2 is 1.69 bits per heavy atom. The van der Waals surface area contributed by atoms with Crippen molar-refractivity contribution in [2.24, 2.45) is 5.92 Å². The van der Waals surface area contributed by atoms with Crippen LogP contribution in [0, 0.1) is 5.92 Å². The first-order chi connectivity index (χ1) is 20.2. The summed E-state index contributed by atoms with van der Waals surface area (Å²) in [6.07, 6.45) is 5.66. The first kappa shape index (κ1) is 27.8. The molecule has 2 N–H and O–H groups in total. The highest BCUT2D eigenvalue weighted by atomic mass is 16.2. The summed E-state index contributed by atoms with van der Waals surface area (Å²) in [5, 5.41) is 11.0. The van der Waals surface area contributed by atoms with E-state index in [0.717, 1.165) is 35.1 Å². The summed E-state index contributed by atoms with van der Waals surface area (Å²) < 4.78 is 1.97. The van der Waals surface area contributed by atoms with Crippen LogP contribution in [0.1, 0.15) is 60.9 Å². The fourth-order valence-electron chi connectivity index (χ4n) is 5.98. The van der Waals surface area contributed by atoms with Crippen LogP contribution < -0.4 is 10.6 Å². The Labute approximate surface area is 247 Å². The zero-order valence-corrected chi connectivity index (χ0v) is 24.6. The van der Waals surface area contributed by atoms with Gasteiger partial charge in [-0.25, -0.2) is 4.79 Å². The van der Waals surface area contributed by atoms with Crippen LogP contribution in [0.25, 0.3) is 11.1 Å². The number of nitrogens with one attached hydrogen (secondary N) is 2. The number of fused-ring (bicyclic) bond motifs is 1. The molecule has 7 heteroatoms. The van der Waals surface area contributed by atoms with Crippen molar-refractivity contribution >= 4 is 11.9 Å². The van der Waals surface area contributed by atoms with Gasteiger partial charge in [0.2, 0.25) is 5.91 Å². The number of benzene rings is 3. The van der Waals surface area contributed by atoms with Gasteiger partial charge in [0.1, 0.15) is 0 Å². The first-order valence-electron chi connectivity index (χ1n) is 14.9. The maximum absolute atomic E-state index is 13.1. The highest BCUT2D eigenvalue weighted by Gasteiger charge is 2.43. The number of carbonyl (C=O) groups excluding carboxylic acids is 2. The number of carbonyl (C=O) groups is 2. The molecule has 4 aromatic rings. The molecule has 1 aliphatic carbocycles. The molecular weight excluding hydrogens is 522 g/mol. The molecular formula is C35H39N5O2. The van der Waals surface area contributed by atoms with Crippen LogP contribution in [0.2, 0.25) is 0 Å². The number of hydrogen-bond acceptors (Lipinski definition) is 3. The molecule has 7 nitrogen and oxygen atoms in total. The first-order valence-corrected chi connectivity index (χ1v) is 14.9. The second-order valence-corrected chi connectivity index (χ2v) is 12.6. The molecule has 0 radical (unpaired) electrons. The molecule has 216 valence electrons. The average Bonchev–Trinajstić information content (AvgIpc) is 3.67. The molecule has 3 amide bonds. The standard InChI is InChI=1S/C35H39N5O2/c1-35(2,3)38-34(42)39-17-16-29-28(27-20-37-40(22-27)21-24-10-6-4-7-11-24)15-14-26(32(29)23-39)19-36-33(41)31-18-30(31)25-12-8-5-9-13-25/h4-15,20,22,30-31H,16-19,21,23H2,1-3H3,(H,36,41)(H,38,42)/t30-,31?/m1/s1. The predicted octanol–water partition coefficient (Wildman–Crippen LogP) is 5.88. The zero-order valence-electron chi connectivity index (χ0n) is 24.6. The van der Waals surface area contributed by atoms with Crippen LogP contribution in [-0.2, 0) is 30.8 Å². The van der Waals surface area contributed by atoms with Crippen molar-refractivity contribution < 1.29 is 9.59 Å². The van der Waals surface area contributed by atoms with Gasteiger partial charge in [0, 0.05) is 42.9 Å². The molecule has 2 heterocycles. The third-order valence-electron chi connectivity index (χ3n) is 8.22. The second kappa shape index (κ2) is 11.5. The minimum atomic E-state index is -0.317. The van der Waals surface area contributed by atoms with Gasteiger partial charge in [-0.2, -0.15) is 5.10 Å². The fourth-order valence-corrected chi connectivity index (χ4v) is 5.98. The van der Waals surface area contributed by atoms with E-state index in [1.165, 1.54) is 16.7 Å². The molecule has 2 aliphatic rings. The Morgan fingerprint density at radius 1 is 0.952 bits per heavy atom. The van der Waals surface area contributed by atoms with Gasteiger partial charge < -0.3 is 15.5 Å². The summed E-state index contributed by atoms with van der Waals surface area (Å²) in [5.74, 6) is 0.417. The lowest BCUT2D eigenvalue weighted by Gasteiger charge is -2.34. The molecule has 0 saturated heterocycles. The van der Waals surface area contributed by atoms with Gasteiger partial charge >= 0.3 is 6.03 Å². The molecule has 1 aromatic heterocycles. The van der Waals surface area contributed by atoms with Crippen molar-refractivity contribution in [3.63, 3.8) is 0 Å². The Balaban J connectivity index is 1.23. The summed E-state index contributed by atoms with van der Waals surface area (Å²) in [7, 11) is 0. The summed E-state index contributed by atoms with van der Waals surface area (Å²) >= 11 is 0. The van der Waals surface area contributed by atoms with E-state index in [2.05, 4.69) is 58.3 Å². The lowest BCUT2D eigenvalue weighted by molar-refractivity contribution is -0.122. The van der Waals surface area contributed by atoms with Crippen molar-refractivity contribution in [3.8, 4) is 11.1 Å². The van der Waals surface area contributed by atoms with Gasteiger partial charge in [0.05, 0.1) is 12.7 Å². The van der Waals surface area contributed by atoms with Gasteiger partial charge in [0.15, 0.2) is 0 Å². The Kier molecular flexibility index (Phi) is 7.58. The molecule has 2 atom stereocenters. The number of rotatable bonds is 7. The predicted molar refractivity (Wildman–Crippen MR) is 165 cm³/mol. The highest BCUT2D eigenvalue weighted by molar-refractivity contribution is 5.83. The molecule has 3 aromatic carbocycles. The monoisotopic (exact) mass is 561 g/mol. The normalized spacial score (nSPS) is 17.8. The Morgan fingerprint density at radius 3 is 2.43 bits per heavy atom. The van der Waals surface area contributed by atoms with Gasteiger partial charge in [-0.3, -0.25) is 9.48 Å². The highest BCUT2D eigenvalue weighted by Crippen LogP contribution is 2.47. The number of hydrogen-bond donors (Lipinski definition) is 2. The van der Waals surface area contributed by atoms with Crippen LogP contribution in [-0.4, -0.2) is 38.7 Å². The van der Waals surface area contributed by atoms with Crippen LogP contribution >= 0.6 is 0 Å². The second-order valence-electron chi connectivity index (χ2n) is 12.6. The van der Waals surface area contributed by atoms with Crippen molar-refractivity contribution in [2.45, 2.75) is 64.7 Å². The largest absolute Gasteiger partial charge is 0.352 e. The number of amides is 3. The van der Waals surface area contributed by atoms with Crippen molar-refractivity contribution in [3.05, 3.63) is 113 Å². The van der Waals surface area contributed by atoms with Crippen LogP contribution in [0.3, 0.4) is 0 Å². The summed E-state index contributed by atoms with van der Waals surface area (Å²) in [5.41, 5.74) is 7.73. The molecule has 0 spiro atoms. The molecule has 1 aliphatic heterocycles. The third-order valence-corrected chi connectivity index (χ3v) is 8.22. The van der Waals surface area contributed by atoms with E-state index in [-0.39, 0.29) is 23.4 Å². The van der Waals surface area contributed by atoms with E-state index in [4.69, 9.17) is 0 Å². The van der Waals surface area contributed by atoms with Crippen molar-refractivity contribution in [1.82, 2.24) is 25.3 Å². The SMILES string of the molecule is CC(C)(C)NC(=O)N1CCc2c(-c3cnn(Cc4ccccc4)c3)ccc(CNC(=O)C3C[C@@H]3c3ccccc3)c2C1. The molecule has 6 rings (SSSR count). The minimum absolute atomic E-state index is 0.0204. The van der Waals surface area contributed by atoms with E-state index >= 15 is 0 Å². The maximum Gasteiger partial charge on any atom is 0.318 e. The molecule has 1 unspecified atom stereocenters. The molecule has 1 fully saturated rings. The van der Waals surface area contributed by atoms with Gasteiger partial charge in [0.25, 0.3) is 0 Å². The lowest BCUT2D eigenvalue weighted by Crippen LogP contribution is -2.50. The minimum Gasteiger partial charge on any atom is -0.352 e. The molecule has 42 heavy (non-hydrogen) atoms.